The van der Waals surface area contributed by atoms with E-state index in [0.717, 1.165) is 18.7 Å². The molecule has 5 nitrogen and oxygen atoms in total. The quantitative estimate of drug-likeness (QED) is 0.536. The Bertz CT molecular complexity index is 1090. The minimum atomic E-state index is -4.57. The number of oxazole rings is 1. The summed E-state index contributed by atoms with van der Waals surface area (Å²) >= 11 is 11.9. The van der Waals surface area contributed by atoms with Crippen molar-refractivity contribution in [3.05, 3.63) is 69.3 Å². The Kier molecular flexibility index (Phi) is 5.46. The van der Waals surface area contributed by atoms with E-state index < -0.39 is 23.8 Å². The molecule has 0 saturated carbocycles. The summed E-state index contributed by atoms with van der Waals surface area (Å²) in [7, 11) is 0. The first kappa shape index (κ1) is 20.7. The number of fused-ring (bicyclic) bond motifs is 1. The molecule has 30 heavy (non-hydrogen) atoms. The highest BCUT2D eigenvalue weighted by atomic mass is 35.5. The molecule has 0 fully saturated rings. The molecule has 1 aromatic carbocycles. The number of carbonyl (C=O) groups is 1. The lowest BCUT2D eigenvalue weighted by Crippen LogP contribution is -2.30. The normalized spacial score (nSPS) is 16.2. The van der Waals surface area contributed by atoms with Crippen molar-refractivity contribution in [1.29, 1.82) is 0 Å². The lowest BCUT2D eigenvalue weighted by Gasteiger charge is -2.21. The maximum absolute atomic E-state index is 13.0. The van der Waals surface area contributed by atoms with Crippen molar-refractivity contribution >= 4 is 29.1 Å². The molecule has 0 saturated heterocycles. The largest absolute Gasteiger partial charge is 0.439 e. The number of rotatable bonds is 3. The Morgan fingerprint density at radius 3 is 2.60 bits per heavy atom. The fourth-order valence-electron chi connectivity index (χ4n) is 3.33. The van der Waals surface area contributed by atoms with Crippen LogP contribution in [0.3, 0.4) is 0 Å². The Morgan fingerprint density at radius 1 is 1.17 bits per heavy atom. The lowest BCUT2D eigenvalue weighted by molar-refractivity contribution is -0.141. The van der Waals surface area contributed by atoms with Crippen LogP contribution in [-0.4, -0.2) is 15.9 Å². The predicted octanol–water partition coefficient (Wildman–Crippen LogP) is 5.87. The maximum atomic E-state index is 13.0. The summed E-state index contributed by atoms with van der Waals surface area (Å²) in [4.78, 5) is 20.3. The number of halogens is 5. The number of aromatic nitrogens is 2. The van der Waals surface area contributed by atoms with Gasteiger partial charge in [-0.05, 0) is 49.6 Å². The standard InChI is InChI=1S/C20H14Cl2F3N3O2/c21-12-6-11(7-13(22)9-12)18(29)27-14-2-1-3-15-17(14)30-19(28-15)10-4-5-26-16(8-10)20(23,24)25/h4-9,14H,1-3H2,(H,27,29)/t14-/m0/s1. The molecular weight excluding hydrogens is 442 g/mol. The van der Waals surface area contributed by atoms with Crippen molar-refractivity contribution < 1.29 is 22.4 Å². The molecule has 1 atom stereocenters. The van der Waals surface area contributed by atoms with Crippen molar-refractivity contribution in [3.8, 4) is 11.5 Å². The van der Waals surface area contributed by atoms with Gasteiger partial charge in [0, 0.05) is 27.4 Å². The molecule has 4 rings (SSSR count). The van der Waals surface area contributed by atoms with Crippen LogP contribution in [0.4, 0.5) is 13.2 Å². The van der Waals surface area contributed by atoms with Crippen molar-refractivity contribution in [1.82, 2.24) is 15.3 Å². The number of hydrogen-bond donors (Lipinski definition) is 1. The molecular formula is C20H14Cl2F3N3O2. The third-order valence-corrected chi connectivity index (χ3v) is 5.11. The van der Waals surface area contributed by atoms with Gasteiger partial charge < -0.3 is 9.73 Å². The van der Waals surface area contributed by atoms with Gasteiger partial charge in [0.2, 0.25) is 5.89 Å². The van der Waals surface area contributed by atoms with E-state index in [-0.39, 0.29) is 11.5 Å². The highest BCUT2D eigenvalue weighted by molar-refractivity contribution is 6.35. The third-order valence-electron chi connectivity index (χ3n) is 4.68. The van der Waals surface area contributed by atoms with E-state index in [0.29, 0.717) is 39.9 Å². The number of alkyl halides is 3. The van der Waals surface area contributed by atoms with Crippen LogP contribution in [0.25, 0.3) is 11.5 Å². The van der Waals surface area contributed by atoms with Gasteiger partial charge in [0.05, 0.1) is 11.7 Å². The van der Waals surface area contributed by atoms with Crippen molar-refractivity contribution in [2.45, 2.75) is 31.5 Å². The van der Waals surface area contributed by atoms with Gasteiger partial charge >= 0.3 is 6.18 Å². The number of nitrogens with one attached hydrogen (secondary N) is 1. The first-order valence-corrected chi connectivity index (χ1v) is 9.76. The molecule has 3 aromatic rings. The zero-order valence-electron chi connectivity index (χ0n) is 15.3. The first-order chi connectivity index (χ1) is 14.2. The monoisotopic (exact) mass is 455 g/mol. The molecule has 156 valence electrons. The molecule has 10 heteroatoms. The zero-order chi connectivity index (χ0) is 21.5. The average molecular weight is 456 g/mol. The number of pyridine rings is 1. The first-order valence-electron chi connectivity index (χ1n) is 9.01. The molecule has 0 bridgehead atoms. The molecule has 0 radical (unpaired) electrons. The minimum absolute atomic E-state index is 0.0554. The summed E-state index contributed by atoms with van der Waals surface area (Å²) in [6, 6.07) is 6.32. The Morgan fingerprint density at radius 2 is 1.90 bits per heavy atom. The van der Waals surface area contributed by atoms with E-state index in [1.165, 1.54) is 24.3 Å². The number of hydrogen-bond acceptors (Lipinski definition) is 4. The van der Waals surface area contributed by atoms with Gasteiger partial charge in [-0.3, -0.25) is 9.78 Å². The fraction of sp³-hybridized carbons (Fsp3) is 0.250. The maximum Gasteiger partial charge on any atom is 0.433 e. The second-order valence-electron chi connectivity index (χ2n) is 6.83. The Hall–Kier alpha value is -2.58. The summed E-state index contributed by atoms with van der Waals surface area (Å²) in [6.07, 6.45) is -1.57. The molecule has 0 spiro atoms. The summed E-state index contributed by atoms with van der Waals surface area (Å²) in [5.74, 6) is 0.0985. The third kappa shape index (κ3) is 4.29. The van der Waals surface area contributed by atoms with E-state index in [2.05, 4.69) is 15.3 Å². The molecule has 0 unspecified atom stereocenters. The fourth-order valence-corrected chi connectivity index (χ4v) is 3.85. The van der Waals surface area contributed by atoms with Crippen LogP contribution in [0.15, 0.2) is 40.9 Å². The Labute approximate surface area is 179 Å². The predicted molar refractivity (Wildman–Crippen MR) is 104 cm³/mol. The summed E-state index contributed by atoms with van der Waals surface area (Å²) in [5, 5.41) is 3.53. The van der Waals surface area contributed by atoms with Gasteiger partial charge in [-0.25, -0.2) is 4.98 Å². The van der Waals surface area contributed by atoms with Crippen LogP contribution in [0.5, 0.6) is 0 Å². The summed E-state index contributed by atoms with van der Waals surface area (Å²) in [5.41, 5.74) is 0.0386. The van der Waals surface area contributed by atoms with Crippen molar-refractivity contribution in [3.63, 3.8) is 0 Å². The van der Waals surface area contributed by atoms with Crippen molar-refractivity contribution in [2.75, 3.05) is 0 Å². The van der Waals surface area contributed by atoms with Gasteiger partial charge in [0.25, 0.3) is 5.91 Å². The second kappa shape index (κ2) is 7.92. The molecule has 1 aliphatic carbocycles. The number of nitrogens with zero attached hydrogens (tertiary/aromatic N) is 2. The minimum Gasteiger partial charge on any atom is -0.439 e. The molecule has 1 N–H and O–H groups in total. The molecule has 1 aliphatic rings. The highest BCUT2D eigenvalue weighted by Gasteiger charge is 2.33. The SMILES string of the molecule is O=C(N[C@H]1CCCc2nc(-c3ccnc(C(F)(F)F)c3)oc21)c1cc(Cl)cc(Cl)c1. The van der Waals surface area contributed by atoms with E-state index in [4.69, 9.17) is 27.6 Å². The smallest absolute Gasteiger partial charge is 0.433 e. The Balaban J connectivity index is 1.61. The molecule has 0 aliphatic heterocycles. The highest BCUT2D eigenvalue weighted by Crippen LogP contribution is 2.35. The topological polar surface area (TPSA) is 68.0 Å². The van der Waals surface area contributed by atoms with E-state index in [1.54, 1.807) is 0 Å². The van der Waals surface area contributed by atoms with Gasteiger partial charge in [-0.1, -0.05) is 23.2 Å². The van der Waals surface area contributed by atoms with Crippen molar-refractivity contribution in [2.24, 2.45) is 0 Å². The van der Waals surface area contributed by atoms with Gasteiger partial charge in [-0.15, -0.1) is 0 Å². The summed E-state index contributed by atoms with van der Waals surface area (Å²) < 4.78 is 44.6. The lowest BCUT2D eigenvalue weighted by atomic mass is 9.96. The molecule has 2 heterocycles. The molecule has 2 aromatic heterocycles. The van der Waals surface area contributed by atoms with Crippen LogP contribution < -0.4 is 5.32 Å². The van der Waals surface area contributed by atoms with Crippen LogP contribution in [0.2, 0.25) is 10.0 Å². The average Bonchev–Trinajstić information content (AvgIpc) is 3.12. The van der Waals surface area contributed by atoms with E-state index >= 15 is 0 Å². The molecule has 1 amide bonds. The number of carbonyl (C=O) groups excluding carboxylic acids is 1. The van der Waals surface area contributed by atoms with Crippen LogP contribution in [-0.2, 0) is 12.6 Å². The van der Waals surface area contributed by atoms with Gasteiger partial charge in [0.15, 0.2) is 0 Å². The number of aryl methyl sites for hydroxylation is 1. The number of amides is 1. The van der Waals surface area contributed by atoms with Crippen LogP contribution in [0, 0.1) is 0 Å². The number of benzene rings is 1. The van der Waals surface area contributed by atoms with E-state index in [9.17, 15) is 18.0 Å². The van der Waals surface area contributed by atoms with E-state index in [1.807, 2.05) is 0 Å². The summed E-state index contributed by atoms with van der Waals surface area (Å²) in [6.45, 7) is 0. The van der Waals surface area contributed by atoms with Gasteiger partial charge in [-0.2, -0.15) is 13.2 Å². The van der Waals surface area contributed by atoms with Crippen LogP contribution in [0.1, 0.15) is 46.4 Å². The van der Waals surface area contributed by atoms with Crippen LogP contribution >= 0.6 is 23.2 Å². The zero-order valence-corrected chi connectivity index (χ0v) is 16.8. The van der Waals surface area contributed by atoms with Gasteiger partial charge in [0.1, 0.15) is 11.5 Å². The second-order valence-corrected chi connectivity index (χ2v) is 7.71.